The lowest BCUT2D eigenvalue weighted by molar-refractivity contribution is 0.627. The number of anilines is 1. The maximum absolute atomic E-state index is 13.8. The van der Waals surface area contributed by atoms with Gasteiger partial charge in [0.05, 0.1) is 10.7 Å². The minimum atomic E-state index is -0.329. The molecule has 0 heterocycles. The largest absolute Gasteiger partial charge is 0.375 e. The molecule has 1 N–H and O–H groups in total. The van der Waals surface area contributed by atoms with Crippen LogP contribution in [-0.4, -0.2) is 0 Å². The van der Waals surface area contributed by atoms with Gasteiger partial charge in [0.2, 0.25) is 0 Å². The van der Waals surface area contributed by atoms with Crippen LogP contribution < -0.4 is 5.32 Å². The van der Waals surface area contributed by atoms with Crippen LogP contribution in [0, 0.1) is 19.7 Å². The van der Waals surface area contributed by atoms with E-state index in [1.165, 1.54) is 17.2 Å². The molecular formula is C16H17ClFN. The van der Waals surface area contributed by atoms with Crippen LogP contribution in [0.2, 0.25) is 5.02 Å². The fourth-order valence-electron chi connectivity index (χ4n) is 2.16. The molecule has 0 aliphatic carbocycles. The third-order valence-electron chi connectivity index (χ3n) is 3.22. The zero-order valence-corrected chi connectivity index (χ0v) is 12.1. The second-order valence-corrected chi connectivity index (χ2v) is 5.23. The van der Waals surface area contributed by atoms with Crippen LogP contribution in [0.1, 0.15) is 29.7 Å². The predicted molar refractivity (Wildman–Crippen MR) is 79.4 cm³/mol. The molecule has 0 saturated heterocycles. The molecule has 0 radical (unpaired) electrons. The normalized spacial score (nSPS) is 12.3. The van der Waals surface area contributed by atoms with E-state index in [0.29, 0.717) is 10.7 Å². The molecule has 2 aromatic rings. The Labute approximate surface area is 118 Å². The fourth-order valence-corrected chi connectivity index (χ4v) is 2.37. The van der Waals surface area contributed by atoms with Crippen molar-refractivity contribution in [1.29, 1.82) is 0 Å². The van der Waals surface area contributed by atoms with Gasteiger partial charge in [-0.3, -0.25) is 0 Å². The molecule has 3 heteroatoms. The molecule has 1 atom stereocenters. The Kier molecular flexibility index (Phi) is 4.11. The number of rotatable bonds is 3. The average Bonchev–Trinajstić information content (AvgIpc) is 2.37. The van der Waals surface area contributed by atoms with Gasteiger partial charge in [0.1, 0.15) is 5.82 Å². The monoisotopic (exact) mass is 277 g/mol. The minimum Gasteiger partial charge on any atom is -0.375 e. The summed E-state index contributed by atoms with van der Waals surface area (Å²) < 4.78 is 13.8. The molecular weight excluding hydrogens is 261 g/mol. The van der Waals surface area contributed by atoms with E-state index in [1.807, 2.05) is 13.8 Å². The Hall–Kier alpha value is -1.54. The van der Waals surface area contributed by atoms with Gasteiger partial charge in [-0.25, -0.2) is 4.39 Å². The summed E-state index contributed by atoms with van der Waals surface area (Å²) in [6.45, 7) is 6.10. The molecule has 100 valence electrons. The van der Waals surface area contributed by atoms with Crippen molar-refractivity contribution in [3.63, 3.8) is 0 Å². The fraction of sp³-hybridized carbons (Fsp3) is 0.250. The third kappa shape index (κ3) is 3.07. The van der Waals surface area contributed by atoms with Crippen LogP contribution in [0.25, 0.3) is 0 Å². The topological polar surface area (TPSA) is 12.0 Å². The minimum absolute atomic E-state index is 0.00528. The summed E-state index contributed by atoms with van der Waals surface area (Å²) in [5.74, 6) is -0.329. The van der Waals surface area contributed by atoms with Crippen LogP contribution in [0.5, 0.6) is 0 Å². The van der Waals surface area contributed by atoms with Gasteiger partial charge in [0, 0.05) is 6.04 Å². The van der Waals surface area contributed by atoms with Crippen molar-refractivity contribution in [2.75, 3.05) is 5.32 Å². The van der Waals surface area contributed by atoms with E-state index >= 15 is 0 Å². The first-order chi connectivity index (χ1) is 8.99. The highest BCUT2D eigenvalue weighted by atomic mass is 35.5. The van der Waals surface area contributed by atoms with Crippen LogP contribution in [-0.2, 0) is 0 Å². The molecule has 0 spiro atoms. The Morgan fingerprint density at radius 1 is 1.16 bits per heavy atom. The molecule has 2 aromatic carbocycles. The van der Waals surface area contributed by atoms with E-state index in [0.717, 1.165) is 5.56 Å². The van der Waals surface area contributed by atoms with Crippen LogP contribution >= 0.6 is 11.6 Å². The van der Waals surface area contributed by atoms with Crippen LogP contribution in [0.3, 0.4) is 0 Å². The summed E-state index contributed by atoms with van der Waals surface area (Å²) >= 11 is 6.03. The number of aryl methyl sites for hydroxylation is 2. The Morgan fingerprint density at radius 2 is 1.89 bits per heavy atom. The Morgan fingerprint density at radius 3 is 2.58 bits per heavy atom. The van der Waals surface area contributed by atoms with Crippen molar-refractivity contribution >= 4 is 17.3 Å². The standard InChI is InChI=1S/C16H17ClFN/c1-10-7-8-11(2)13(9-10)12(3)19-16-14(17)5-4-6-15(16)18/h4-9,12,19H,1-3H3. The SMILES string of the molecule is Cc1ccc(C)c(C(C)Nc2c(F)cccc2Cl)c1. The van der Waals surface area contributed by atoms with Gasteiger partial charge in [-0.15, -0.1) is 0 Å². The highest BCUT2D eigenvalue weighted by Gasteiger charge is 2.13. The highest BCUT2D eigenvalue weighted by molar-refractivity contribution is 6.33. The molecule has 19 heavy (non-hydrogen) atoms. The first-order valence-electron chi connectivity index (χ1n) is 6.26. The van der Waals surface area contributed by atoms with Crippen LogP contribution in [0.4, 0.5) is 10.1 Å². The molecule has 1 unspecified atom stereocenters. The lowest BCUT2D eigenvalue weighted by Gasteiger charge is -2.19. The van der Waals surface area contributed by atoms with Crippen LogP contribution in [0.15, 0.2) is 36.4 Å². The first kappa shape index (κ1) is 13.9. The highest BCUT2D eigenvalue weighted by Crippen LogP contribution is 2.29. The number of benzene rings is 2. The van der Waals surface area contributed by atoms with Crippen molar-refractivity contribution in [2.24, 2.45) is 0 Å². The van der Waals surface area contributed by atoms with Gasteiger partial charge >= 0.3 is 0 Å². The first-order valence-corrected chi connectivity index (χ1v) is 6.64. The van der Waals surface area contributed by atoms with Crippen molar-refractivity contribution in [3.05, 3.63) is 63.9 Å². The summed E-state index contributed by atoms with van der Waals surface area (Å²) in [5, 5.41) is 3.56. The van der Waals surface area contributed by atoms with Crippen molar-refractivity contribution in [1.82, 2.24) is 0 Å². The molecule has 0 fully saturated rings. The number of hydrogen-bond donors (Lipinski definition) is 1. The zero-order valence-electron chi connectivity index (χ0n) is 11.3. The van der Waals surface area contributed by atoms with E-state index in [9.17, 15) is 4.39 Å². The van der Waals surface area contributed by atoms with E-state index < -0.39 is 0 Å². The average molecular weight is 278 g/mol. The Bertz CT molecular complexity index is 575. The molecule has 0 aromatic heterocycles. The summed E-state index contributed by atoms with van der Waals surface area (Å²) in [5.41, 5.74) is 3.88. The molecule has 0 bridgehead atoms. The maximum atomic E-state index is 13.8. The molecule has 0 amide bonds. The number of para-hydroxylation sites is 1. The van der Waals surface area contributed by atoms with E-state index in [4.69, 9.17) is 11.6 Å². The molecule has 0 saturated carbocycles. The molecule has 2 rings (SSSR count). The van der Waals surface area contributed by atoms with Crippen molar-refractivity contribution in [2.45, 2.75) is 26.8 Å². The quantitative estimate of drug-likeness (QED) is 0.806. The van der Waals surface area contributed by atoms with Gasteiger partial charge in [0.15, 0.2) is 0 Å². The zero-order chi connectivity index (χ0) is 14.0. The van der Waals surface area contributed by atoms with Gasteiger partial charge in [-0.1, -0.05) is 41.4 Å². The summed E-state index contributed by atoms with van der Waals surface area (Å²) in [6, 6.07) is 10.9. The van der Waals surface area contributed by atoms with Gasteiger partial charge in [-0.05, 0) is 44.0 Å². The van der Waals surface area contributed by atoms with E-state index in [2.05, 4.69) is 30.4 Å². The van der Waals surface area contributed by atoms with E-state index in [1.54, 1.807) is 12.1 Å². The number of hydrogen-bond acceptors (Lipinski definition) is 1. The summed E-state index contributed by atoms with van der Waals surface area (Å²) in [4.78, 5) is 0. The van der Waals surface area contributed by atoms with Crippen molar-refractivity contribution < 1.29 is 4.39 Å². The second-order valence-electron chi connectivity index (χ2n) is 4.82. The lowest BCUT2D eigenvalue weighted by Crippen LogP contribution is -2.10. The third-order valence-corrected chi connectivity index (χ3v) is 3.54. The summed E-state index contributed by atoms with van der Waals surface area (Å²) in [7, 11) is 0. The molecule has 1 nitrogen and oxygen atoms in total. The smallest absolute Gasteiger partial charge is 0.147 e. The summed E-state index contributed by atoms with van der Waals surface area (Å²) in [6.07, 6.45) is 0. The van der Waals surface area contributed by atoms with Crippen molar-refractivity contribution in [3.8, 4) is 0 Å². The number of nitrogens with one attached hydrogen (secondary N) is 1. The van der Waals surface area contributed by atoms with Gasteiger partial charge in [0.25, 0.3) is 0 Å². The Balaban J connectivity index is 2.31. The van der Waals surface area contributed by atoms with E-state index in [-0.39, 0.29) is 11.9 Å². The predicted octanol–water partition coefficient (Wildman–Crippen LogP) is 5.27. The molecule has 0 aliphatic rings. The second kappa shape index (κ2) is 5.62. The number of halogens is 2. The molecule has 0 aliphatic heterocycles. The van der Waals surface area contributed by atoms with Gasteiger partial charge < -0.3 is 5.32 Å². The lowest BCUT2D eigenvalue weighted by atomic mass is 10.00. The van der Waals surface area contributed by atoms with Gasteiger partial charge in [-0.2, -0.15) is 0 Å². The maximum Gasteiger partial charge on any atom is 0.147 e.